The summed E-state index contributed by atoms with van der Waals surface area (Å²) >= 11 is -2.33. The first-order valence-electron chi connectivity index (χ1n) is 3.86. The number of carbonyl (C=O) groups is 1. The van der Waals surface area contributed by atoms with Crippen LogP contribution in [0.15, 0.2) is 16.8 Å². The highest BCUT2D eigenvalue weighted by Gasteiger charge is 2.05. The van der Waals surface area contributed by atoms with Crippen LogP contribution in [0.4, 0.5) is 0 Å². The summed E-state index contributed by atoms with van der Waals surface area (Å²) < 4.78 is 20.8. The van der Waals surface area contributed by atoms with Crippen molar-refractivity contribution in [1.82, 2.24) is 4.72 Å². The van der Waals surface area contributed by atoms with Crippen molar-refractivity contribution in [3.05, 3.63) is 11.8 Å². The Bertz CT molecular complexity index is 310. The summed E-state index contributed by atoms with van der Waals surface area (Å²) in [5, 5.41) is 0. The van der Waals surface area contributed by atoms with Crippen LogP contribution in [0.25, 0.3) is 0 Å². The number of guanidine groups is 1. The lowest BCUT2D eigenvalue weighted by Crippen LogP contribution is -2.27. The van der Waals surface area contributed by atoms with Gasteiger partial charge in [0.1, 0.15) is 5.70 Å². The minimum Gasteiger partial charge on any atom is -0.370 e. The van der Waals surface area contributed by atoms with E-state index in [1.807, 2.05) is 4.72 Å². The lowest BCUT2D eigenvalue weighted by atomic mass is 10.3. The van der Waals surface area contributed by atoms with Gasteiger partial charge in [-0.05, 0) is 6.42 Å². The number of amides is 1. The third kappa shape index (κ3) is 7.46. The van der Waals surface area contributed by atoms with Gasteiger partial charge in [-0.3, -0.25) is 19.1 Å². The van der Waals surface area contributed by atoms with E-state index in [0.29, 0.717) is 6.42 Å². The summed E-state index contributed by atoms with van der Waals surface area (Å²) in [7, 11) is 0. The van der Waals surface area contributed by atoms with Gasteiger partial charge in [0.25, 0.3) is 17.2 Å². The first-order valence-corrected chi connectivity index (χ1v) is 4.97. The average molecular weight is 235 g/mol. The fourth-order valence-corrected chi connectivity index (χ4v) is 1.06. The quantitative estimate of drug-likeness (QED) is 0.115. The van der Waals surface area contributed by atoms with E-state index in [2.05, 4.69) is 4.99 Å². The molecule has 0 fully saturated rings. The molecule has 15 heavy (non-hydrogen) atoms. The Morgan fingerprint density at radius 2 is 2.07 bits per heavy atom. The van der Waals surface area contributed by atoms with E-state index in [9.17, 15) is 9.00 Å². The molecule has 0 saturated heterocycles. The minimum absolute atomic E-state index is 0.0669. The molecule has 0 spiro atoms. The molecule has 0 aromatic rings. The van der Waals surface area contributed by atoms with Crippen LogP contribution in [0, 0.1) is 0 Å². The summed E-state index contributed by atoms with van der Waals surface area (Å²) in [6.07, 6.45) is 1.66. The minimum atomic E-state index is -2.33. The van der Waals surface area contributed by atoms with Gasteiger partial charge in [-0.15, -0.1) is 0 Å². The number of nitrogens with two attached hydrogens (primary N) is 3. The molecule has 86 valence electrons. The third-order valence-corrected chi connectivity index (χ3v) is 1.63. The monoisotopic (exact) mass is 235 g/mol. The Morgan fingerprint density at radius 1 is 1.47 bits per heavy atom. The lowest BCUT2D eigenvalue weighted by molar-refractivity contribution is -0.114. The molecule has 0 aliphatic rings. The first kappa shape index (κ1) is 13.4. The zero-order chi connectivity index (χ0) is 11.8. The number of rotatable bonds is 6. The van der Waals surface area contributed by atoms with Crippen molar-refractivity contribution >= 4 is 23.1 Å². The number of aliphatic imine (C=N–C) groups is 1. The zero-order valence-electron chi connectivity index (χ0n) is 7.84. The Labute approximate surface area is 89.0 Å². The van der Waals surface area contributed by atoms with E-state index in [1.54, 1.807) is 0 Å². The van der Waals surface area contributed by atoms with Gasteiger partial charge in [0.15, 0.2) is 5.96 Å². The summed E-state index contributed by atoms with van der Waals surface area (Å²) in [4.78, 5) is 14.4. The van der Waals surface area contributed by atoms with Crippen molar-refractivity contribution in [2.75, 3.05) is 6.54 Å². The van der Waals surface area contributed by atoms with Crippen molar-refractivity contribution in [2.24, 2.45) is 22.2 Å². The Morgan fingerprint density at radius 3 is 2.47 bits per heavy atom. The maximum Gasteiger partial charge on any atom is 0.265 e. The van der Waals surface area contributed by atoms with Crippen LogP contribution in [0.3, 0.4) is 0 Å². The maximum atomic E-state index is 10.7. The van der Waals surface area contributed by atoms with Gasteiger partial charge >= 0.3 is 0 Å². The number of primary amides is 1. The highest BCUT2D eigenvalue weighted by Crippen LogP contribution is 1.93. The van der Waals surface area contributed by atoms with Crippen LogP contribution in [-0.4, -0.2) is 27.2 Å². The number of nitrogens with one attached hydrogen (secondary N) is 1. The molecule has 0 heterocycles. The van der Waals surface area contributed by atoms with Gasteiger partial charge < -0.3 is 17.2 Å². The van der Waals surface area contributed by atoms with E-state index in [4.69, 9.17) is 21.8 Å². The molecular weight excluding hydrogens is 222 g/mol. The van der Waals surface area contributed by atoms with Crippen molar-refractivity contribution in [3.63, 3.8) is 0 Å². The van der Waals surface area contributed by atoms with Gasteiger partial charge in [-0.1, -0.05) is 6.08 Å². The van der Waals surface area contributed by atoms with Crippen LogP contribution in [0.1, 0.15) is 6.42 Å². The van der Waals surface area contributed by atoms with Gasteiger partial charge in [0.2, 0.25) is 0 Å². The SMILES string of the molecule is NC(=O)C(=CCCN=C(N)N)NS(=O)O. The van der Waals surface area contributed by atoms with Crippen molar-refractivity contribution in [3.8, 4) is 0 Å². The van der Waals surface area contributed by atoms with Crippen LogP contribution in [0.2, 0.25) is 0 Å². The summed E-state index contributed by atoms with van der Waals surface area (Å²) in [5.74, 6) is -0.898. The fraction of sp³-hybridized carbons (Fsp3) is 0.333. The largest absolute Gasteiger partial charge is 0.370 e. The van der Waals surface area contributed by atoms with Crippen molar-refractivity contribution < 1.29 is 13.6 Å². The number of hydrogen-bond donors (Lipinski definition) is 5. The summed E-state index contributed by atoms with van der Waals surface area (Å²) in [6, 6.07) is 0. The molecule has 0 aromatic carbocycles. The molecule has 0 radical (unpaired) electrons. The predicted octanol–water partition coefficient (Wildman–Crippen LogP) is -2.25. The molecule has 1 atom stereocenters. The number of hydrogen-bond acceptors (Lipinski definition) is 3. The van der Waals surface area contributed by atoms with E-state index < -0.39 is 17.2 Å². The van der Waals surface area contributed by atoms with Crippen LogP contribution < -0.4 is 21.9 Å². The van der Waals surface area contributed by atoms with Crippen LogP contribution in [-0.2, 0) is 16.1 Å². The smallest absolute Gasteiger partial charge is 0.265 e. The highest BCUT2D eigenvalue weighted by molar-refractivity contribution is 7.77. The Balaban J connectivity index is 4.24. The molecule has 0 aliphatic heterocycles. The summed E-state index contributed by atoms with van der Waals surface area (Å²) in [6.45, 7) is 0.263. The van der Waals surface area contributed by atoms with Crippen molar-refractivity contribution in [2.45, 2.75) is 6.42 Å². The Hall–Kier alpha value is -1.61. The molecule has 1 unspecified atom stereocenters. The molecule has 0 bridgehead atoms. The normalized spacial score (nSPS) is 13.0. The van der Waals surface area contributed by atoms with Gasteiger partial charge in [0.05, 0.1) is 0 Å². The molecule has 0 aliphatic carbocycles. The number of carbonyl (C=O) groups excluding carboxylic acids is 1. The van der Waals surface area contributed by atoms with Gasteiger partial charge in [0, 0.05) is 6.54 Å². The lowest BCUT2D eigenvalue weighted by Gasteiger charge is -2.01. The maximum absolute atomic E-state index is 10.7. The van der Waals surface area contributed by atoms with E-state index in [0.717, 1.165) is 0 Å². The van der Waals surface area contributed by atoms with Gasteiger partial charge in [-0.25, -0.2) is 4.21 Å². The number of nitrogens with zero attached hydrogens (tertiary/aromatic N) is 1. The molecule has 9 heteroatoms. The molecular formula is C6H13N5O3S. The first-order chi connectivity index (χ1) is 6.93. The Kier molecular flexibility index (Phi) is 6.06. The third-order valence-electron chi connectivity index (χ3n) is 1.23. The molecule has 1 amide bonds. The van der Waals surface area contributed by atoms with E-state index >= 15 is 0 Å². The molecule has 8 N–H and O–H groups in total. The molecule has 0 aromatic heterocycles. The highest BCUT2D eigenvalue weighted by atomic mass is 32.2. The second-order valence-corrected chi connectivity index (χ2v) is 3.13. The topological polar surface area (TPSA) is 157 Å². The summed E-state index contributed by atoms with van der Waals surface area (Å²) in [5.41, 5.74) is 14.9. The molecule has 0 rings (SSSR count). The van der Waals surface area contributed by atoms with E-state index in [-0.39, 0.29) is 18.2 Å². The standard InChI is InChI=1S/C6H13N5O3S/c7-5(12)4(11-15(13)14)2-1-3-10-6(8)9/h2,11H,1,3H2,(H2,7,12)(H,13,14)(H4,8,9,10). The molecule has 8 nitrogen and oxygen atoms in total. The van der Waals surface area contributed by atoms with Crippen molar-refractivity contribution in [1.29, 1.82) is 0 Å². The average Bonchev–Trinajstić information content (AvgIpc) is 2.08. The second-order valence-electron chi connectivity index (χ2n) is 2.43. The van der Waals surface area contributed by atoms with Crippen LogP contribution in [0.5, 0.6) is 0 Å². The second kappa shape index (κ2) is 6.79. The van der Waals surface area contributed by atoms with E-state index in [1.165, 1.54) is 6.08 Å². The van der Waals surface area contributed by atoms with Gasteiger partial charge in [-0.2, -0.15) is 0 Å². The predicted molar refractivity (Wildman–Crippen MR) is 56.5 cm³/mol. The zero-order valence-corrected chi connectivity index (χ0v) is 8.66. The fourth-order valence-electron chi connectivity index (χ4n) is 0.689. The van der Waals surface area contributed by atoms with Crippen LogP contribution >= 0.6 is 0 Å². The molecule has 0 saturated carbocycles.